The number of amides is 1. The number of piperazine rings is 1. The summed E-state index contributed by atoms with van der Waals surface area (Å²) in [6.07, 6.45) is -0.223. The van der Waals surface area contributed by atoms with Gasteiger partial charge in [-0.15, -0.1) is 0 Å². The van der Waals surface area contributed by atoms with Gasteiger partial charge in [0, 0.05) is 45.8 Å². The predicted molar refractivity (Wildman–Crippen MR) is 108 cm³/mol. The molecule has 2 aliphatic rings. The maximum absolute atomic E-state index is 12.2. The second-order valence-electron chi connectivity index (χ2n) is 8.09. The van der Waals surface area contributed by atoms with Gasteiger partial charge < -0.3 is 19.3 Å². The van der Waals surface area contributed by atoms with Crippen molar-refractivity contribution < 1.29 is 14.3 Å². The Morgan fingerprint density at radius 1 is 1.11 bits per heavy atom. The maximum atomic E-state index is 12.2. The van der Waals surface area contributed by atoms with E-state index in [1.165, 1.54) is 5.56 Å². The van der Waals surface area contributed by atoms with Gasteiger partial charge in [-0.2, -0.15) is 0 Å². The van der Waals surface area contributed by atoms with Crippen LogP contribution in [0, 0.1) is 0 Å². The third-order valence-electron chi connectivity index (χ3n) is 4.82. The van der Waals surface area contributed by atoms with Crippen LogP contribution in [-0.4, -0.2) is 74.0 Å². The van der Waals surface area contributed by atoms with Gasteiger partial charge in [-0.05, 0) is 32.4 Å². The molecule has 2 heterocycles. The van der Waals surface area contributed by atoms with Gasteiger partial charge in [0.1, 0.15) is 5.60 Å². The van der Waals surface area contributed by atoms with E-state index in [1.54, 1.807) is 4.90 Å². The molecule has 0 aliphatic carbocycles. The fourth-order valence-corrected chi connectivity index (χ4v) is 3.80. The molecule has 0 N–H and O–H groups in total. The quantitative estimate of drug-likeness (QED) is 0.786. The molecule has 6 nitrogen and oxygen atoms in total. The lowest BCUT2D eigenvalue weighted by Crippen LogP contribution is -2.49. The molecule has 0 aromatic heterocycles. The van der Waals surface area contributed by atoms with Gasteiger partial charge in [-0.3, -0.25) is 4.90 Å². The minimum Gasteiger partial charge on any atom is -0.444 e. The summed E-state index contributed by atoms with van der Waals surface area (Å²) in [4.78, 5) is 18.7. The van der Waals surface area contributed by atoms with Crippen molar-refractivity contribution in [3.63, 3.8) is 0 Å². The highest BCUT2D eigenvalue weighted by Gasteiger charge is 2.27. The van der Waals surface area contributed by atoms with E-state index in [-0.39, 0.29) is 6.09 Å². The Hall–Kier alpha value is -1.50. The largest absolute Gasteiger partial charge is 0.444 e. The third kappa shape index (κ3) is 5.50. The molecule has 1 amide bonds. The smallest absolute Gasteiger partial charge is 0.410 e. The average molecular weight is 396 g/mol. The first-order chi connectivity index (χ1) is 12.8. The van der Waals surface area contributed by atoms with Crippen molar-refractivity contribution in [3.8, 4) is 0 Å². The monoisotopic (exact) mass is 395 g/mol. The van der Waals surface area contributed by atoms with Crippen molar-refractivity contribution in [3.05, 3.63) is 28.8 Å². The maximum Gasteiger partial charge on any atom is 0.410 e. The minimum atomic E-state index is -0.456. The third-order valence-corrected chi connectivity index (χ3v) is 5.12. The van der Waals surface area contributed by atoms with E-state index in [0.717, 1.165) is 56.6 Å². The van der Waals surface area contributed by atoms with Crippen LogP contribution in [-0.2, 0) is 16.0 Å². The van der Waals surface area contributed by atoms with Gasteiger partial charge >= 0.3 is 6.09 Å². The van der Waals surface area contributed by atoms with E-state index < -0.39 is 5.60 Å². The van der Waals surface area contributed by atoms with E-state index >= 15 is 0 Å². The van der Waals surface area contributed by atoms with Crippen LogP contribution >= 0.6 is 11.6 Å². The average Bonchev–Trinajstić information content (AvgIpc) is 2.62. The summed E-state index contributed by atoms with van der Waals surface area (Å²) in [6, 6.07) is 6.12. The number of ether oxygens (including phenoxy) is 2. The summed E-state index contributed by atoms with van der Waals surface area (Å²) >= 11 is 6.54. The molecule has 1 aromatic rings. The number of hydrogen-bond acceptors (Lipinski definition) is 5. The van der Waals surface area contributed by atoms with Gasteiger partial charge in [0.2, 0.25) is 0 Å². The Labute approximate surface area is 167 Å². The van der Waals surface area contributed by atoms with Crippen molar-refractivity contribution in [1.29, 1.82) is 0 Å². The number of rotatable bonds is 3. The number of anilines is 1. The normalized spacial score (nSPS) is 19.3. The van der Waals surface area contributed by atoms with Gasteiger partial charge in [0.15, 0.2) is 0 Å². The van der Waals surface area contributed by atoms with E-state index in [2.05, 4.69) is 15.9 Å². The van der Waals surface area contributed by atoms with E-state index in [4.69, 9.17) is 21.1 Å². The molecule has 0 atom stereocenters. The van der Waals surface area contributed by atoms with Crippen LogP contribution in [0.3, 0.4) is 0 Å². The number of carbonyl (C=O) groups is 1. The Bertz CT molecular complexity index is 648. The topological polar surface area (TPSA) is 45.2 Å². The predicted octanol–water partition coefficient (Wildman–Crippen LogP) is 3.23. The molecular weight excluding hydrogens is 366 g/mol. The number of carbonyl (C=O) groups excluding carboxylic acids is 1. The van der Waals surface area contributed by atoms with Crippen LogP contribution in [0.25, 0.3) is 0 Å². The molecule has 2 saturated heterocycles. The number of nitrogens with zero attached hydrogens (tertiary/aromatic N) is 3. The van der Waals surface area contributed by atoms with Crippen molar-refractivity contribution >= 4 is 23.4 Å². The summed E-state index contributed by atoms with van der Waals surface area (Å²) < 4.78 is 11.0. The molecule has 1 aromatic carbocycles. The highest BCUT2D eigenvalue weighted by molar-refractivity contribution is 6.33. The number of halogens is 1. The van der Waals surface area contributed by atoms with Crippen LogP contribution in [0.15, 0.2) is 18.2 Å². The lowest BCUT2D eigenvalue weighted by atomic mass is 10.1. The first-order valence-corrected chi connectivity index (χ1v) is 10.0. The second kappa shape index (κ2) is 8.67. The summed E-state index contributed by atoms with van der Waals surface area (Å²) in [5, 5.41) is 0.793. The fourth-order valence-electron chi connectivity index (χ4n) is 3.48. The highest BCUT2D eigenvalue weighted by Crippen LogP contribution is 2.31. The van der Waals surface area contributed by atoms with E-state index in [9.17, 15) is 4.79 Å². The molecule has 7 heteroatoms. The zero-order valence-corrected chi connectivity index (χ0v) is 17.3. The first-order valence-electron chi connectivity index (χ1n) is 9.64. The van der Waals surface area contributed by atoms with Crippen LogP contribution in [0.4, 0.5) is 10.5 Å². The Kier molecular flexibility index (Phi) is 6.50. The zero-order chi connectivity index (χ0) is 19.4. The van der Waals surface area contributed by atoms with Crippen LogP contribution in [0.2, 0.25) is 5.02 Å². The molecular formula is C20H30ClN3O3. The van der Waals surface area contributed by atoms with Crippen molar-refractivity contribution in [2.45, 2.75) is 32.9 Å². The number of morpholine rings is 1. The summed E-state index contributed by atoms with van der Waals surface area (Å²) in [5.41, 5.74) is 1.90. The Balaban J connectivity index is 1.61. The molecule has 2 aliphatic heterocycles. The van der Waals surface area contributed by atoms with Crippen molar-refractivity contribution in [2.75, 3.05) is 57.4 Å². The highest BCUT2D eigenvalue weighted by atomic mass is 35.5. The molecule has 0 radical (unpaired) electrons. The lowest BCUT2D eigenvalue weighted by Gasteiger charge is -2.37. The summed E-state index contributed by atoms with van der Waals surface area (Å²) in [5.74, 6) is 0. The molecule has 27 heavy (non-hydrogen) atoms. The second-order valence-corrected chi connectivity index (χ2v) is 8.50. The molecule has 0 spiro atoms. The van der Waals surface area contributed by atoms with E-state index in [1.807, 2.05) is 32.9 Å². The van der Waals surface area contributed by atoms with Crippen molar-refractivity contribution in [2.24, 2.45) is 0 Å². The van der Waals surface area contributed by atoms with E-state index in [0.29, 0.717) is 13.1 Å². The first kappa shape index (κ1) is 20.2. The molecule has 0 unspecified atom stereocenters. The summed E-state index contributed by atoms with van der Waals surface area (Å²) in [6.45, 7) is 12.7. The lowest BCUT2D eigenvalue weighted by molar-refractivity contribution is 0.0139. The van der Waals surface area contributed by atoms with Gasteiger partial charge in [-0.25, -0.2) is 4.79 Å². The molecule has 2 fully saturated rings. The van der Waals surface area contributed by atoms with Crippen LogP contribution in [0.1, 0.15) is 26.3 Å². The number of para-hydroxylation sites is 1. The Morgan fingerprint density at radius 2 is 1.78 bits per heavy atom. The molecule has 150 valence electrons. The standard InChI is InChI=1S/C20H30ClN3O3/c1-20(2,3)27-19(25)24-9-7-22(8-10-24)15-16-5-4-6-17(21)18(16)23-11-13-26-14-12-23/h4-6H,7-15H2,1-3H3. The van der Waals surface area contributed by atoms with Crippen molar-refractivity contribution in [1.82, 2.24) is 9.80 Å². The molecule has 0 saturated carbocycles. The van der Waals surface area contributed by atoms with Gasteiger partial charge in [0.25, 0.3) is 0 Å². The molecule has 0 bridgehead atoms. The summed E-state index contributed by atoms with van der Waals surface area (Å²) in [7, 11) is 0. The fraction of sp³-hybridized carbons (Fsp3) is 0.650. The van der Waals surface area contributed by atoms with Gasteiger partial charge in [0.05, 0.1) is 23.9 Å². The Morgan fingerprint density at radius 3 is 2.41 bits per heavy atom. The molecule has 3 rings (SSSR count). The minimum absolute atomic E-state index is 0.223. The van der Waals surface area contributed by atoms with Crippen LogP contribution in [0.5, 0.6) is 0 Å². The van der Waals surface area contributed by atoms with Crippen LogP contribution < -0.4 is 4.90 Å². The number of benzene rings is 1. The van der Waals surface area contributed by atoms with Gasteiger partial charge in [-0.1, -0.05) is 23.7 Å². The number of hydrogen-bond donors (Lipinski definition) is 0. The SMILES string of the molecule is CC(C)(C)OC(=O)N1CCN(Cc2cccc(Cl)c2N2CCOCC2)CC1. The zero-order valence-electron chi connectivity index (χ0n) is 16.5.